The Morgan fingerprint density at radius 1 is 0.964 bits per heavy atom. The molecule has 0 aliphatic heterocycles. The van der Waals surface area contributed by atoms with Crippen LogP contribution in [-0.4, -0.2) is 27.3 Å². The van der Waals surface area contributed by atoms with E-state index in [1.54, 1.807) is 24.3 Å². The van der Waals surface area contributed by atoms with E-state index in [9.17, 15) is 20.8 Å². The van der Waals surface area contributed by atoms with Gasteiger partial charge in [-0.2, -0.15) is 4.90 Å². The van der Waals surface area contributed by atoms with E-state index in [2.05, 4.69) is 10.3 Å². The van der Waals surface area contributed by atoms with Crippen LogP contribution in [0, 0.1) is 15.6 Å². The minimum atomic E-state index is -0.621. The summed E-state index contributed by atoms with van der Waals surface area (Å²) in [6.07, 6.45) is 5.26. The van der Waals surface area contributed by atoms with Gasteiger partial charge in [0, 0.05) is 29.8 Å². The van der Waals surface area contributed by atoms with Gasteiger partial charge >= 0.3 is 0 Å². The number of nitrogens with zero attached hydrogens (tertiary/aromatic N) is 3. The van der Waals surface area contributed by atoms with E-state index in [0.717, 1.165) is 11.8 Å². The highest BCUT2D eigenvalue weighted by Gasteiger charge is 2.20. The third-order valence-corrected chi connectivity index (χ3v) is 3.86. The van der Waals surface area contributed by atoms with Crippen molar-refractivity contribution in [3.05, 3.63) is 111 Å². The Morgan fingerprint density at radius 2 is 1.61 bits per heavy atom. The zero-order chi connectivity index (χ0) is 19.9. The average molecular weight is 376 g/mol. The molecule has 0 fully saturated rings. The second kappa shape index (κ2) is 8.67. The monoisotopic (exact) mass is 376 g/mol. The summed E-state index contributed by atoms with van der Waals surface area (Å²) in [4.78, 5) is 3.63. The molecule has 2 N–H and O–H groups in total. The van der Waals surface area contributed by atoms with Gasteiger partial charge < -0.3 is 26.2 Å². The quantitative estimate of drug-likeness (QED) is 0.465. The zero-order valence-corrected chi connectivity index (χ0v) is 14.6. The molecule has 3 rings (SSSR count). The number of hydrogen-bond donors (Lipinski definition) is 2. The van der Waals surface area contributed by atoms with Crippen LogP contribution in [0.2, 0.25) is 0 Å². The molecule has 28 heavy (non-hydrogen) atoms. The third-order valence-electron chi connectivity index (χ3n) is 3.86. The summed E-state index contributed by atoms with van der Waals surface area (Å²) < 4.78 is 0. The lowest BCUT2D eigenvalue weighted by atomic mass is 9.98. The number of rotatable bonds is 5. The van der Waals surface area contributed by atoms with Crippen molar-refractivity contribution in [1.29, 1.82) is 0 Å². The van der Waals surface area contributed by atoms with Crippen molar-refractivity contribution in [2.75, 3.05) is 5.32 Å². The number of allylic oxidation sites excluding steroid dienone is 4. The molecular weight excluding hydrogens is 360 g/mol. The summed E-state index contributed by atoms with van der Waals surface area (Å²) in [5.41, 5.74) is 1.23. The first-order valence-electron chi connectivity index (χ1n) is 8.27. The molecule has 0 heterocycles. The van der Waals surface area contributed by atoms with Gasteiger partial charge in [0.05, 0.1) is 17.0 Å². The molecular formula is C20H16N4O4-2. The Balaban J connectivity index is 1.98. The van der Waals surface area contributed by atoms with E-state index in [1.165, 1.54) is 18.5 Å². The molecule has 0 saturated heterocycles. The van der Waals surface area contributed by atoms with Crippen LogP contribution < -0.4 is 5.32 Å². The van der Waals surface area contributed by atoms with Crippen molar-refractivity contribution in [2.45, 2.75) is 0 Å². The maximum Gasteiger partial charge on any atom is 0.233 e. The summed E-state index contributed by atoms with van der Waals surface area (Å²) in [5.74, 6) is 0. The van der Waals surface area contributed by atoms with E-state index >= 15 is 0 Å². The fourth-order valence-electron chi connectivity index (χ4n) is 2.51. The highest BCUT2D eigenvalue weighted by atomic mass is 16.8. The standard InChI is InChI=1S/C20H16N4O4/c25-23(26)19-12-20(24(27)28)16(14-22-18-9-5-2-6-10-18)11-15(19)13-21-17-7-3-1-4-8-17/h1-14,21,27H/q-2. The molecule has 2 aromatic carbocycles. The van der Waals surface area contributed by atoms with Gasteiger partial charge in [-0.15, -0.1) is 0 Å². The highest BCUT2D eigenvalue weighted by molar-refractivity contribution is 6.12. The van der Waals surface area contributed by atoms with Crippen molar-refractivity contribution in [3.63, 3.8) is 0 Å². The van der Waals surface area contributed by atoms with E-state index in [-0.39, 0.29) is 22.6 Å². The van der Waals surface area contributed by atoms with E-state index in [1.807, 2.05) is 36.4 Å². The minimum Gasteiger partial charge on any atom is -0.733 e. The number of anilines is 1. The number of hydrogen-bond acceptors (Lipinski definition) is 7. The van der Waals surface area contributed by atoms with Gasteiger partial charge in [-0.25, -0.2) is 0 Å². The molecule has 8 nitrogen and oxygen atoms in total. The molecule has 0 amide bonds. The Bertz CT molecular complexity index is 974. The van der Waals surface area contributed by atoms with E-state index in [4.69, 9.17) is 0 Å². The van der Waals surface area contributed by atoms with Crippen LogP contribution >= 0.6 is 0 Å². The lowest BCUT2D eigenvalue weighted by molar-refractivity contribution is -0.377. The molecule has 0 spiro atoms. The van der Waals surface area contributed by atoms with E-state index < -0.39 is 10.1 Å². The molecule has 2 aromatic rings. The molecule has 0 aromatic heterocycles. The van der Waals surface area contributed by atoms with Gasteiger partial charge in [-0.05, 0) is 30.3 Å². The average Bonchev–Trinajstić information content (AvgIpc) is 2.71. The first-order valence-corrected chi connectivity index (χ1v) is 8.27. The molecule has 8 heteroatoms. The molecule has 1 aliphatic rings. The van der Waals surface area contributed by atoms with Crippen LogP contribution in [0.4, 0.5) is 11.4 Å². The number of hydroxylamine groups is 2. The Morgan fingerprint density at radius 3 is 2.21 bits per heavy atom. The molecule has 1 aliphatic carbocycles. The largest absolute Gasteiger partial charge is 0.733 e. The molecule has 0 unspecified atom stereocenters. The predicted octanol–water partition coefficient (Wildman–Crippen LogP) is 3.85. The Hall–Kier alpha value is -3.88. The fourth-order valence-corrected chi connectivity index (χ4v) is 2.51. The summed E-state index contributed by atoms with van der Waals surface area (Å²) in [6.45, 7) is 0. The number of para-hydroxylation sites is 2. The number of nitrogens with one attached hydrogen (secondary N) is 1. The second-order valence-corrected chi connectivity index (χ2v) is 5.75. The summed E-state index contributed by atoms with van der Waals surface area (Å²) in [7, 11) is 0. The van der Waals surface area contributed by atoms with Gasteiger partial charge in [0.1, 0.15) is 0 Å². The lowest BCUT2D eigenvalue weighted by Gasteiger charge is -2.28. The Kier molecular flexibility index (Phi) is 5.85. The molecule has 0 bridgehead atoms. The SMILES string of the molecule is [O-]N(O)C1=CC(=[N+]([O-])[O-])C(=CNc2ccccc2)C=C1C=Nc1ccccc1. The van der Waals surface area contributed by atoms with Crippen molar-refractivity contribution < 1.29 is 10.1 Å². The number of aliphatic imine (C=N–C) groups is 1. The topological polar surface area (TPSA) is 120 Å². The van der Waals surface area contributed by atoms with Gasteiger partial charge in [0.2, 0.25) is 5.71 Å². The van der Waals surface area contributed by atoms with Crippen LogP contribution in [0.3, 0.4) is 0 Å². The minimum absolute atomic E-state index is 0.230. The number of benzene rings is 2. The normalized spacial score (nSPS) is 15.4. The smallest absolute Gasteiger partial charge is 0.233 e. The van der Waals surface area contributed by atoms with Crippen LogP contribution in [0.1, 0.15) is 0 Å². The summed E-state index contributed by atoms with van der Waals surface area (Å²) in [6, 6.07) is 18.1. The molecule has 0 radical (unpaired) electrons. The lowest BCUT2D eigenvalue weighted by Crippen LogP contribution is -2.22. The summed E-state index contributed by atoms with van der Waals surface area (Å²) >= 11 is 0. The van der Waals surface area contributed by atoms with Gasteiger partial charge in [-0.3, -0.25) is 10.2 Å². The van der Waals surface area contributed by atoms with Gasteiger partial charge in [-0.1, -0.05) is 36.4 Å². The van der Waals surface area contributed by atoms with Crippen LogP contribution in [0.25, 0.3) is 0 Å². The predicted molar refractivity (Wildman–Crippen MR) is 108 cm³/mol. The van der Waals surface area contributed by atoms with Crippen LogP contribution in [-0.2, 0) is 0 Å². The molecule has 0 atom stereocenters. The molecule has 142 valence electrons. The second-order valence-electron chi connectivity index (χ2n) is 5.75. The van der Waals surface area contributed by atoms with E-state index in [0.29, 0.717) is 5.69 Å². The maximum absolute atomic E-state index is 11.5. The van der Waals surface area contributed by atoms with Gasteiger partial charge in [0.25, 0.3) is 0 Å². The fraction of sp³-hybridized carbons (Fsp3) is 0. The van der Waals surface area contributed by atoms with Crippen molar-refractivity contribution in [3.8, 4) is 0 Å². The van der Waals surface area contributed by atoms with Gasteiger partial charge in [0.15, 0.2) is 0 Å². The van der Waals surface area contributed by atoms with Crippen LogP contribution in [0.15, 0.2) is 101 Å². The highest BCUT2D eigenvalue weighted by Crippen LogP contribution is 2.23. The zero-order valence-electron chi connectivity index (χ0n) is 14.6. The van der Waals surface area contributed by atoms with Crippen molar-refractivity contribution >= 4 is 23.3 Å². The summed E-state index contributed by atoms with van der Waals surface area (Å²) in [5, 5.41) is 46.3. The molecule has 0 saturated carbocycles. The third kappa shape index (κ3) is 4.64. The first kappa shape index (κ1) is 18.9. The van der Waals surface area contributed by atoms with Crippen molar-refractivity contribution in [1.82, 2.24) is 5.23 Å². The Labute approximate surface area is 161 Å². The van der Waals surface area contributed by atoms with Crippen LogP contribution in [0.5, 0.6) is 0 Å². The van der Waals surface area contributed by atoms with Crippen molar-refractivity contribution in [2.24, 2.45) is 4.99 Å². The maximum atomic E-state index is 11.5. The first-order chi connectivity index (χ1) is 13.5.